The Bertz CT molecular complexity index is 125. The van der Waals surface area contributed by atoms with Crippen molar-refractivity contribution in [1.82, 2.24) is 5.32 Å². The molecule has 0 heterocycles. The third kappa shape index (κ3) is 4.15. The van der Waals surface area contributed by atoms with Gasteiger partial charge in [-0.25, -0.2) is 0 Å². The zero-order valence-electron chi connectivity index (χ0n) is 6.72. The molecule has 0 amide bonds. The Kier molecular flexibility index (Phi) is 4.67. The van der Waals surface area contributed by atoms with Crippen LogP contribution in [0.2, 0.25) is 0 Å². The highest BCUT2D eigenvalue weighted by Crippen LogP contribution is 1.98. The molecule has 0 aromatic carbocycles. The van der Waals surface area contributed by atoms with Gasteiger partial charge in [-0.2, -0.15) is 0 Å². The van der Waals surface area contributed by atoms with Crippen LogP contribution in [-0.2, 0) is 0 Å². The van der Waals surface area contributed by atoms with Crippen LogP contribution in [0.3, 0.4) is 0 Å². The van der Waals surface area contributed by atoms with E-state index < -0.39 is 0 Å². The molecule has 10 heavy (non-hydrogen) atoms. The molecule has 58 valence electrons. The topological polar surface area (TPSA) is 38.0 Å². The fourth-order valence-electron chi connectivity index (χ4n) is 0.544. The summed E-state index contributed by atoms with van der Waals surface area (Å²) in [5.41, 5.74) is 6.64. The van der Waals surface area contributed by atoms with E-state index in [0.29, 0.717) is 0 Å². The maximum absolute atomic E-state index is 5.46. The second-order valence-corrected chi connectivity index (χ2v) is 2.23. The Morgan fingerprint density at radius 2 is 2.40 bits per heavy atom. The van der Waals surface area contributed by atoms with Gasteiger partial charge < -0.3 is 11.1 Å². The largest absolute Gasteiger partial charge is 0.376 e. The minimum atomic E-state index is 0.0153. The summed E-state index contributed by atoms with van der Waals surface area (Å²) < 4.78 is 0. The van der Waals surface area contributed by atoms with Crippen LogP contribution >= 0.6 is 0 Å². The van der Waals surface area contributed by atoms with Crippen LogP contribution in [0.4, 0.5) is 0 Å². The molecule has 0 radical (unpaired) electrons. The van der Waals surface area contributed by atoms with Gasteiger partial charge in [0.05, 0.1) is 6.17 Å². The molecule has 0 aliphatic carbocycles. The Morgan fingerprint density at radius 1 is 1.80 bits per heavy atom. The third-order valence-electron chi connectivity index (χ3n) is 1.20. The molecule has 0 unspecified atom stereocenters. The molecular weight excluding hydrogens is 124 g/mol. The quantitative estimate of drug-likeness (QED) is 0.457. The minimum Gasteiger partial charge on any atom is -0.376 e. The third-order valence-corrected chi connectivity index (χ3v) is 1.20. The number of hydrogen-bond donors (Lipinski definition) is 2. The summed E-state index contributed by atoms with van der Waals surface area (Å²) in [5, 5.41) is 2.99. The van der Waals surface area contributed by atoms with Gasteiger partial charge in [0.25, 0.3) is 0 Å². The standard InChI is InChI=1S/C8H16N2/c1-4-8(5-2)6-10-7(3)9/h4,6-7,10H,1,5,9H2,2-3H3/b8-6-/t7-/m0/s1. The first kappa shape index (κ1) is 9.24. The number of allylic oxidation sites excluding steroid dienone is 2. The summed E-state index contributed by atoms with van der Waals surface area (Å²) in [6.07, 6.45) is 4.73. The molecule has 0 aliphatic heterocycles. The molecule has 1 atom stereocenters. The Balaban J connectivity index is 3.74. The van der Waals surface area contributed by atoms with Crippen LogP contribution in [0.5, 0.6) is 0 Å². The summed E-state index contributed by atoms with van der Waals surface area (Å²) in [5.74, 6) is 0. The van der Waals surface area contributed by atoms with E-state index in [2.05, 4.69) is 18.8 Å². The van der Waals surface area contributed by atoms with Gasteiger partial charge in [0.15, 0.2) is 0 Å². The average molecular weight is 140 g/mol. The van der Waals surface area contributed by atoms with Crippen molar-refractivity contribution in [3.8, 4) is 0 Å². The van der Waals surface area contributed by atoms with Gasteiger partial charge >= 0.3 is 0 Å². The lowest BCUT2D eigenvalue weighted by Gasteiger charge is -2.05. The lowest BCUT2D eigenvalue weighted by atomic mass is 10.2. The van der Waals surface area contributed by atoms with Gasteiger partial charge in [0, 0.05) is 6.20 Å². The van der Waals surface area contributed by atoms with Crippen LogP contribution in [0, 0.1) is 0 Å². The molecule has 0 bridgehead atoms. The molecule has 2 heteroatoms. The summed E-state index contributed by atoms with van der Waals surface area (Å²) in [6.45, 7) is 7.64. The highest BCUT2D eigenvalue weighted by molar-refractivity contribution is 5.14. The fraction of sp³-hybridized carbons (Fsp3) is 0.500. The molecule has 3 N–H and O–H groups in total. The lowest BCUT2D eigenvalue weighted by molar-refractivity contribution is 0.666. The van der Waals surface area contributed by atoms with Gasteiger partial charge in [0.1, 0.15) is 0 Å². The summed E-state index contributed by atoms with van der Waals surface area (Å²) >= 11 is 0. The van der Waals surface area contributed by atoms with Crippen molar-refractivity contribution >= 4 is 0 Å². The van der Waals surface area contributed by atoms with E-state index in [9.17, 15) is 0 Å². The summed E-state index contributed by atoms with van der Waals surface area (Å²) in [6, 6.07) is 0. The molecule has 0 fully saturated rings. The van der Waals surface area contributed by atoms with Crippen LogP contribution in [-0.4, -0.2) is 6.17 Å². The van der Waals surface area contributed by atoms with Crippen molar-refractivity contribution in [3.63, 3.8) is 0 Å². The monoisotopic (exact) mass is 140 g/mol. The second kappa shape index (κ2) is 5.06. The van der Waals surface area contributed by atoms with Crippen molar-refractivity contribution in [3.05, 3.63) is 24.4 Å². The van der Waals surface area contributed by atoms with Crippen molar-refractivity contribution in [2.24, 2.45) is 5.73 Å². The van der Waals surface area contributed by atoms with Crippen molar-refractivity contribution in [2.45, 2.75) is 26.4 Å². The molecule has 0 saturated carbocycles. The van der Waals surface area contributed by atoms with E-state index in [1.54, 1.807) is 0 Å². The first-order valence-electron chi connectivity index (χ1n) is 3.53. The SMILES string of the molecule is C=C/C(=C/N[C@@H](C)N)CC. The number of rotatable bonds is 4. The predicted octanol–water partition coefficient (Wildman–Crippen LogP) is 1.36. The molecule has 0 saturated heterocycles. The number of nitrogens with two attached hydrogens (primary N) is 1. The molecule has 0 aromatic rings. The van der Waals surface area contributed by atoms with E-state index >= 15 is 0 Å². The minimum absolute atomic E-state index is 0.0153. The number of nitrogens with one attached hydrogen (secondary N) is 1. The lowest BCUT2D eigenvalue weighted by Crippen LogP contribution is -2.29. The summed E-state index contributed by atoms with van der Waals surface area (Å²) in [7, 11) is 0. The van der Waals surface area contributed by atoms with Gasteiger partial charge in [-0.15, -0.1) is 0 Å². The Labute approximate surface area is 62.8 Å². The normalized spacial score (nSPS) is 14.5. The maximum atomic E-state index is 5.46. The van der Waals surface area contributed by atoms with E-state index in [0.717, 1.165) is 6.42 Å². The Hall–Kier alpha value is -0.760. The zero-order valence-corrected chi connectivity index (χ0v) is 6.72. The van der Waals surface area contributed by atoms with E-state index in [-0.39, 0.29) is 6.17 Å². The molecule has 2 nitrogen and oxygen atoms in total. The van der Waals surface area contributed by atoms with Gasteiger partial charge in [-0.3, -0.25) is 0 Å². The first-order valence-corrected chi connectivity index (χ1v) is 3.53. The highest BCUT2D eigenvalue weighted by Gasteiger charge is 1.87. The fourth-order valence-corrected chi connectivity index (χ4v) is 0.544. The second-order valence-electron chi connectivity index (χ2n) is 2.23. The first-order chi connectivity index (χ1) is 4.70. The van der Waals surface area contributed by atoms with Crippen LogP contribution in [0.25, 0.3) is 0 Å². The van der Waals surface area contributed by atoms with Gasteiger partial charge in [-0.1, -0.05) is 19.6 Å². The van der Waals surface area contributed by atoms with Gasteiger partial charge in [0.2, 0.25) is 0 Å². The van der Waals surface area contributed by atoms with Crippen molar-refractivity contribution in [2.75, 3.05) is 0 Å². The predicted molar refractivity (Wildman–Crippen MR) is 45.4 cm³/mol. The van der Waals surface area contributed by atoms with Gasteiger partial charge in [-0.05, 0) is 18.9 Å². The molecule has 0 aromatic heterocycles. The molecule has 0 spiro atoms. The summed E-state index contributed by atoms with van der Waals surface area (Å²) in [4.78, 5) is 0. The molecule has 0 aliphatic rings. The van der Waals surface area contributed by atoms with Crippen molar-refractivity contribution < 1.29 is 0 Å². The average Bonchev–Trinajstić information content (AvgIpc) is 1.90. The van der Waals surface area contributed by atoms with Crippen LogP contribution < -0.4 is 11.1 Å². The maximum Gasteiger partial charge on any atom is 0.0709 e. The van der Waals surface area contributed by atoms with E-state index in [4.69, 9.17) is 5.73 Å². The van der Waals surface area contributed by atoms with E-state index in [1.165, 1.54) is 5.57 Å². The van der Waals surface area contributed by atoms with Crippen LogP contribution in [0.15, 0.2) is 24.4 Å². The Morgan fingerprint density at radius 3 is 2.70 bits per heavy atom. The molecule has 0 rings (SSSR count). The zero-order chi connectivity index (χ0) is 7.98. The van der Waals surface area contributed by atoms with E-state index in [1.807, 2.05) is 19.2 Å². The smallest absolute Gasteiger partial charge is 0.0709 e. The number of hydrogen-bond acceptors (Lipinski definition) is 2. The van der Waals surface area contributed by atoms with Crippen LogP contribution in [0.1, 0.15) is 20.3 Å². The molecular formula is C8H16N2. The highest BCUT2D eigenvalue weighted by atomic mass is 15.0. The van der Waals surface area contributed by atoms with Crippen molar-refractivity contribution in [1.29, 1.82) is 0 Å².